The third-order valence-corrected chi connectivity index (χ3v) is 6.79. The Morgan fingerprint density at radius 1 is 1.06 bits per heavy atom. The van der Waals surface area contributed by atoms with E-state index in [2.05, 4.69) is 21.2 Å². The van der Waals surface area contributed by atoms with Crippen LogP contribution in [-0.4, -0.2) is 57.1 Å². The highest BCUT2D eigenvalue weighted by atomic mass is 79.9. The van der Waals surface area contributed by atoms with Crippen molar-refractivity contribution in [1.82, 2.24) is 10.2 Å². The summed E-state index contributed by atoms with van der Waals surface area (Å²) in [4.78, 5) is 28.0. The molecule has 0 aromatic heterocycles. The van der Waals surface area contributed by atoms with Gasteiger partial charge >= 0.3 is 0 Å². The van der Waals surface area contributed by atoms with Crippen molar-refractivity contribution >= 4 is 43.5 Å². The summed E-state index contributed by atoms with van der Waals surface area (Å²) >= 11 is 3.33. The molecule has 2 rings (SSSR count). The summed E-state index contributed by atoms with van der Waals surface area (Å²) in [6.45, 7) is 5.23. The van der Waals surface area contributed by atoms with Crippen LogP contribution >= 0.6 is 15.9 Å². The van der Waals surface area contributed by atoms with Crippen LogP contribution < -0.4 is 14.4 Å². The maximum absolute atomic E-state index is 13.6. The third-order valence-electron chi connectivity index (χ3n) is 5.12. The van der Waals surface area contributed by atoms with Crippen LogP contribution in [0.1, 0.15) is 32.8 Å². The van der Waals surface area contributed by atoms with E-state index in [4.69, 9.17) is 4.74 Å². The minimum atomic E-state index is -3.76. The van der Waals surface area contributed by atoms with Gasteiger partial charge in [-0.05, 0) is 62.2 Å². The number of carbonyl (C=O) groups is 2. The molecule has 2 amide bonds. The molecule has 0 unspecified atom stereocenters. The molecule has 0 saturated heterocycles. The molecule has 8 nitrogen and oxygen atoms in total. The fourth-order valence-corrected chi connectivity index (χ4v) is 4.56. The van der Waals surface area contributed by atoms with Gasteiger partial charge in [0.2, 0.25) is 21.8 Å². The van der Waals surface area contributed by atoms with Crippen molar-refractivity contribution in [2.24, 2.45) is 0 Å². The molecular formula is C24H32BrN3O5S. The Bertz CT molecular complexity index is 1070. The van der Waals surface area contributed by atoms with Crippen molar-refractivity contribution in [2.75, 3.05) is 24.2 Å². The highest BCUT2D eigenvalue weighted by molar-refractivity contribution is 9.10. The van der Waals surface area contributed by atoms with Gasteiger partial charge in [-0.1, -0.05) is 35.0 Å². The molecule has 0 bridgehead atoms. The second kappa shape index (κ2) is 12.2. The highest BCUT2D eigenvalue weighted by Gasteiger charge is 2.31. The van der Waals surface area contributed by atoms with Gasteiger partial charge in [-0.25, -0.2) is 8.42 Å². The van der Waals surface area contributed by atoms with E-state index < -0.39 is 28.5 Å². The SMILES string of the molecule is CC[C@H](C(=O)NC(C)C)N(Cc1ccc(OC)cc1)C(=O)CN(c1ccc(Br)cc1)S(C)(=O)=O. The Balaban J connectivity index is 2.42. The number of benzene rings is 2. The lowest BCUT2D eigenvalue weighted by Crippen LogP contribution is -2.53. The first-order chi connectivity index (χ1) is 16.0. The monoisotopic (exact) mass is 553 g/mol. The summed E-state index contributed by atoms with van der Waals surface area (Å²) in [5.41, 5.74) is 1.16. The molecular weight excluding hydrogens is 522 g/mol. The van der Waals surface area contributed by atoms with Gasteiger partial charge in [0.05, 0.1) is 19.1 Å². The number of nitrogens with zero attached hydrogens (tertiary/aromatic N) is 2. The first kappa shape index (κ1) is 27.7. The summed E-state index contributed by atoms with van der Waals surface area (Å²) in [7, 11) is -2.19. The average Bonchev–Trinajstić information content (AvgIpc) is 2.77. The fraction of sp³-hybridized carbons (Fsp3) is 0.417. The predicted molar refractivity (Wildman–Crippen MR) is 137 cm³/mol. The van der Waals surface area contributed by atoms with Crippen molar-refractivity contribution < 1.29 is 22.7 Å². The minimum absolute atomic E-state index is 0.102. The highest BCUT2D eigenvalue weighted by Crippen LogP contribution is 2.22. The molecule has 0 radical (unpaired) electrons. The van der Waals surface area contributed by atoms with Gasteiger partial charge in [-0.3, -0.25) is 13.9 Å². The number of hydrogen-bond donors (Lipinski definition) is 1. The number of carbonyl (C=O) groups excluding carboxylic acids is 2. The molecule has 0 saturated carbocycles. The number of amides is 2. The number of halogens is 1. The fourth-order valence-electron chi connectivity index (χ4n) is 3.45. The molecule has 1 N–H and O–H groups in total. The molecule has 0 fully saturated rings. The Morgan fingerprint density at radius 2 is 1.65 bits per heavy atom. The summed E-state index contributed by atoms with van der Waals surface area (Å²) in [6, 6.07) is 13.0. The van der Waals surface area contributed by atoms with Crippen LogP contribution in [0.25, 0.3) is 0 Å². The van der Waals surface area contributed by atoms with Crippen LogP contribution in [0.15, 0.2) is 53.0 Å². The lowest BCUT2D eigenvalue weighted by Gasteiger charge is -2.33. The Labute approximate surface area is 210 Å². The van der Waals surface area contributed by atoms with E-state index >= 15 is 0 Å². The molecule has 1 atom stereocenters. The van der Waals surface area contributed by atoms with E-state index in [0.717, 1.165) is 20.6 Å². The van der Waals surface area contributed by atoms with Gasteiger partial charge in [-0.15, -0.1) is 0 Å². The molecule has 0 heterocycles. The lowest BCUT2D eigenvalue weighted by atomic mass is 10.1. The van der Waals surface area contributed by atoms with Gasteiger partial charge in [0.25, 0.3) is 0 Å². The van der Waals surface area contributed by atoms with E-state index in [-0.39, 0.29) is 18.5 Å². The van der Waals surface area contributed by atoms with E-state index in [9.17, 15) is 18.0 Å². The smallest absolute Gasteiger partial charge is 0.244 e. The van der Waals surface area contributed by atoms with Crippen LogP contribution in [0.2, 0.25) is 0 Å². The van der Waals surface area contributed by atoms with Crippen LogP contribution in [0.3, 0.4) is 0 Å². The molecule has 34 heavy (non-hydrogen) atoms. The third kappa shape index (κ3) is 7.73. The second-order valence-corrected chi connectivity index (χ2v) is 11.0. The second-order valence-electron chi connectivity index (χ2n) is 8.20. The molecule has 10 heteroatoms. The molecule has 0 aliphatic heterocycles. The van der Waals surface area contributed by atoms with E-state index in [1.165, 1.54) is 4.90 Å². The topological polar surface area (TPSA) is 96.0 Å². The number of anilines is 1. The van der Waals surface area contributed by atoms with Gasteiger partial charge in [-0.2, -0.15) is 0 Å². The summed E-state index contributed by atoms with van der Waals surface area (Å²) < 4.78 is 32.2. The van der Waals surface area contributed by atoms with Gasteiger partial charge < -0.3 is 15.0 Å². The number of sulfonamides is 1. The molecule has 0 aliphatic carbocycles. The van der Waals surface area contributed by atoms with Crippen molar-refractivity contribution in [2.45, 2.75) is 45.8 Å². The van der Waals surface area contributed by atoms with Crippen LogP contribution in [0.4, 0.5) is 5.69 Å². The molecule has 0 aliphatic rings. The summed E-state index contributed by atoms with van der Waals surface area (Å²) in [5, 5.41) is 2.86. The quantitative estimate of drug-likeness (QED) is 0.459. The standard InChI is InChI=1S/C24H32BrN3O5S/c1-6-22(24(30)26-17(2)3)27(15-18-7-13-21(33-4)14-8-18)23(29)16-28(34(5,31)32)20-11-9-19(25)10-12-20/h7-14,17,22H,6,15-16H2,1-5H3,(H,26,30)/t22-/m1/s1. The van der Waals surface area contributed by atoms with E-state index in [0.29, 0.717) is 17.9 Å². The first-order valence-corrected chi connectivity index (χ1v) is 13.6. The van der Waals surface area contributed by atoms with Crippen molar-refractivity contribution in [3.63, 3.8) is 0 Å². The molecule has 0 spiro atoms. The maximum Gasteiger partial charge on any atom is 0.244 e. The maximum atomic E-state index is 13.6. The van der Waals surface area contributed by atoms with Crippen LogP contribution in [0.5, 0.6) is 5.75 Å². The predicted octanol–water partition coefficient (Wildman–Crippen LogP) is 3.56. The average molecular weight is 555 g/mol. The minimum Gasteiger partial charge on any atom is -0.497 e. The molecule has 2 aromatic carbocycles. The lowest BCUT2D eigenvalue weighted by molar-refractivity contribution is -0.140. The largest absolute Gasteiger partial charge is 0.497 e. The first-order valence-electron chi connectivity index (χ1n) is 10.9. The number of methoxy groups -OCH3 is 1. The van der Waals surface area contributed by atoms with Crippen molar-refractivity contribution in [3.8, 4) is 5.75 Å². The Kier molecular flexibility index (Phi) is 9.93. The zero-order valence-corrected chi connectivity index (χ0v) is 22.5. The zero-order valence-electron chi connectivity index (χ0n) is 20.1. The zero-order chi connectivity index (χ0) is 25.5. The van der Waals surface area contributed by atoms with E-state index in [1.807, 2.05) is 32.9 Å². The number of rotatable bonds is 11. The van der Waals surface area contributed by atoms with Crippen LogP contribution in [0, 0.1) is 0 Å². The van der Waals surface area contributed by atoms with Gasteiger partial charge in [0.1, 0.15) is 18.3 Å². The number of hydrogen-bond acceptors (Lipinski definition) is 5. The summed E-state index contributed by atoms with van der Waals surface area (Å²) in [6.07, 6.45) is 1.43. The Hall–Kier alpha value is -2.59. The van der Waals surface area contributed by atoms with E-state index in [1.54, 1.807) is 43.5 Å². The van der Waals surface area contributed by atoms with Crippen LogP contribution in [-0.2, 0) is 26.2 Å². The Morgan fingerprint density at radius 3 is 2.12 bits per heavy atom. The van der Waals surface area contributed by atoms with Gasteiger partial charge in [0.15, 0.2) is 0 Å². The van der Waals surface area contributed by atoms with Crippen molar-refractivity contribution in [3.05, 3.63) is 58.6 Å². The normalized spacial score (nSPS) is 12.2. The van der Waals surface area contributed by atoms with Gasteiger partial charge in [0, 0.05) is 17.1 Å². The summed E-state index contributed by atoms with van der Waals surface area (Å²) in [5.74, 6) is -0.0893. The molecule has 2 aromatic rings. The number of ether oxygens (including phenoxy) is 1. The molecule has 186 valence electrons. The van der Waals surface area contributed by atoms with Crippen molar-refractivity contribution in [1.29, 1.82) is 0 Å². The number of nitrogens with one attached hydrogen (secondary N) is 1.